The molecule has 2 aliphatic rings. The van der Waals surface area contributed by atoms with Crippen molar-refractivity contribution in [3.8, 4) is 5.75 Å². The van der Waals surface area contributed by atoms with Gasteiger partial charge in [0.25, 0.3) is 0 Å². The largest absolute Gasteiger partial charge is 0.497 e. The number of hydrogen-bond acceptors (Lipinski definition) is 5. The van der Waals surface area contributed by atoms with Gasteiger partial charge in [0.1, 0.15) is 5.75 Å². The van der Waals surface area contributed by atoms with Gasteiger partial charge in [-0.25, -0.2) is 4.98 Å². The fourth-order valence-electron chi connectivity index (χ4n) is 4.91. The maximum absolute atomic E-state index is 13.1. The lowest BCUT2D eigenvalue weighted by Crippen LogP contribution is -2.45. The van der Waals surface area contributed by atoms with Crippen molar-refractivity contribution >= 4 is 17.2 Å². The first-order valence-electron chi connectivity index (χ1n) is 11.7. The minimum absolute atomic E-state index is 0.212. The number of methoxy groups -OCH3 is 1. The van der Waals surface area contributed by atoms with Crippen molar-refractivity contribution in [2.24, 2.45) is 11.8 Å². The summed E-state index contributed by atoms with van der Waals surface area (Å²) >= 11 is 1.72. The van der Waals surface area contributed by atoms with Crippen molar-refractivity contribution in [3.05, 3.63) is 45.9 Å². The van der Waals surface area contributed by atoms with E-state index in [1.54, 1.807) is 18.4 Å². The Balaban J connectivity index is 1.16. The van der Waals surface area contributed by atoms with Gasteiger partial charge < -0.3 is 9.64 Å². The number of carbonyl (C=O) groups excluding carboxylic acids is 1. The molecule has 0 bridgehead atoms. The minimum atomic E-state index is 0.212. The smallest absolute Gasteiger partial charge is 0.225 e. The van der Waals surface area contributed by atoms with Crippen LogP contribution in [-0.2, 0) is 17.8 Å². The Labute approximate surface area is 190 Å². The van der Waals surface area contributed by atoms with E-state index in [1.165, 1.54) is 17.7 Å². The molecule has 2 aromatic rings. The summed E-state index contributed by atoms with van der Waals surface area (Å²) in [5, 5.41) is 3.29. The number of ether oxygens (including phenoxy) is 1. The lowest BCUT2D eigenvalue weighted by atomic mass is 9.89. The van der Waals surface area contributed by atoms with E-state index in [9.17, 15) is 4.79 Å². The third-order valence-electron chi connectivity index (χ3n) is 6.92. The zero-order valence-electron chi connectivity index (χ0n) is 18.9. The Morgan fingerprint density at radius 3 is 2.42 bits per heavy atom. The van der Waals surface area contributed by atoms with Gasteiger partial charge in [-0.2, -0.15) is 0 Å². The average molecular weight is 442 g/mol. The number of carbonyl (C=O) groups is 1. The zero-order valence-corrected chi connectivity index (χ0v) is 19.7. The van der Waals surface area contributed by atoms with Crippen LogP contribution in [0.2, 0.25) is 0 Å². The molecule has 0 aliphatic carbocycles. The summed E-state index contributed by atoms with van der Waals surface area (Å²) in [4.78, 5) is 22.2. The number of aromatic nitrogens is 1. The highest BCUT2D eigenvalue weighted by atomic mass is 32.1. The van der Waals surface area contributed by atoms with Crippen molar-refractivity contribution in [1.82, 2.24) is 14.8 Å². The van der Waals surface area contributed by atoms with E-state index in [1.807, 2.05) is 12.1 Å². The number of nitrogens with zero attached hydrogens (tertiary/aromatic N) is 3. The highest BCUT2D eigenvalue weighted by Crippen LogP contribution is 2.27. The fourth-order valence-corrected chi connectivity index (χ4v) is 5.51. The van der Waals surface area contributed by atoms with E-state index in [0.29, 0.717) is 5.91 Å². The van der Waals surface area contributed by atoms with Gasteiger partial charge in [-0.15, -0.1) is 11.3 Å². The third-order valence-corrected chi connectivity index (χ3v) is 7.74. The number of likely N-dealkylation sites (tertiary alicyclic amines) is 2. The molecular formula is C25H35N3O2S. The second-order valence-electron chi connectivity index (χ2n) is 9.06. The van der Waals surface area contributed by atoms with Crippen LogP contribution in [0.4, 0.5) is 0 Å². The van der Waals surface area contributed by atoms with Crippen LogP contribution in [0.25, 0.3) is 0 Å². The lowest BCUT2D eigenvalue weighted by Gasteiger charge is -2.37. The van der Waals surface area contributed by atoms with Crippen LogP contribution >= 0.6 is 11.3 Å². The molecule has 0 atom stereocenters. The van der Waals surface area contributed by atoms with Crippen LogP contribution in [-0.4, -0.2) is 54.0 Å². The lowest BCUT2D eigenvalue weighted by molar-refractivity contribution is -0.138. The van der Waals surface area contributed by atoms with Crippen LogP contribution in [0.5, 0.6) is 5.75 Å². The Morgan fingerprint density at radius 2 is 1.81 bits per heavy atom. The van der Waals surface area contributed by atoms with Gasteiger partial charge in [-0.3, -0.25) is 9.69 Å². The standard InChI is InChI=1S/C25H35N3O2S/c1-19-26-23(18-31-19)17-27-13-11-22(12-14-27)25(29)28-15-9-21(10-16-28)4-3-20-5-7-24(30-2)8-6-20/h5-8,18,21-22H,3-4,9-17H2,1-2H3. The molecule has 5 nitrogen and oxygen atoms in total. The molecule has 4 rings (SSSR count). The monoisotopic (exact) mass is 441 g/mol. The summed E-state index contributed by atoms with van der Waals surface area (Å²) in [6, 6.07) is 8.42. The summed E-state index contributed by atoms with van der Waals surface area (Å²) in [6.45, 7) is 6.86. The Bertz CT molecular complexity index is 835. The predicted molar refractivity (Wildman–Crippen MR) is 125 cm³/mol. The Hall–Kier alpha value is -1.92. The summed E-state index contributed by atoms with van der Waals surface area (Å²) in [5.41, 5.74) is 2.54. The normalized spacial score (nSPS) is 19.0. The highest BCUT2D eigenvalue weighted by Gasteiger charge is 2.31. The van der Waals surface area contributed by atoms with E-state index >= 15 is 0 Å². The molecule has 2 saturated heterocycles. The maximum atomic E-state index is 13.1. The number of aryl methyl sites for hydroxylation is 2. The van der Waals surface area contributed by atoms with Crippen molar-refractivity contribution in [2.45, 2.75) is 52.0 Å². The number of hydrogen-bond donors (Lipinski definition) is 0. The van der Waals surface area contributed by atoms with Crippen LogP contribution in [0.3, 0.4) is 0 Å². The molecule has 1 aromatic carbocycles. The molecule has 0 saturated carbocycles. The molecule has 0 unspecified atom stereocenters. The van der Waals surface area contributed by atoms with E-state index in [0.717, 1.165) is 81.5 Å². The van der Waals surface area contributed by atoms with Crippen molar-refractivity contribution < 1.29 is 9.53 Å². The summed E-state index contributed by atoms with van der Waals surface area (Å²) in [6.07, 6.45) is 6.58. The van der Waals surface area contributed by atoms with E-state index in [2.05, 4.69) is 39.2 Å². The number of rotatable bonds is 7. The second kappa shape index (κ2) is 10.6. The molecule has 0 N–H and O–H groups in total. The predicted octanol–water partition coefficient (Wildman–Crippen LogP) is 4.54. The first-order valence-corrected chi connectivity index (χ1v) is 12.5. The van der Waals surface area contributed by atoms with Gasteiger partial charge in [0, 0.05) is 30.9 Å². The summed E-state index contributed by atoms with van der Waals surface area (Å²) in [7, 11) is 1.71. The number of thiazole rings is 1. The molecule has 1 aromatic heterocycles. The van der Waals surface area contributed by atoms with Crippen LogP contribution < -0.4 is 4.74 Å². The Kier molecular flexibility index (Phi) is 7.62. The molecule has 3 heterocycles. The van der Waals surface area contributed by atoms with Gasteiger partial charge in [0.2, 0.25) is 5.91 Å². The Morgan fingerprint density at radius 1 is 1.10 bits per heavy atom. The van der Waals surface area contributed by atoms with Gasteiger partial charge in [-0.05, 0) is 82.2 Å². The van der Waals surface area contributed by atoms with Gasteiger partial charge in [-0.1, -0.05) is 12.1 Å². The zero-order chi connectivity index (χ0) is 21.6. The number of benzene rings is 1. The molecule has 2 fully saturated rings. The summed E-state index contributed by atoms with van der Waals surface area (Å²) in [5.74, 6) is 2.26. The molecule has 2 aliphatic heterocycles. The molecule has 6 heteroatoms. The first-order chi connectivity index (χ1) is 15.1. The minimum Gasteiger partial charge on any atom is -0.497 e. The molecule has 168 valence electrons. The third kappa shape index (κ3) is 6.07. The maximum Gasteiger partial charge on any atom is 0.225 e. The molecule has 0 spiro atoms. The van der Waals surface area contributed by atoms with Crippen LogP contribution in [0.15, 0.2) is 29.6 Å². The van der Waals surface area contributed by atoms with Crippen molar-refractivity contribution in [2.75, 3.05) is 33.3 Å². The molecule has 1 amide bonds. The van der Waals surface area contributed by atoms with Crippen LogP contribution in [0, 0.1) is 18.8 Å². The van der Waals surface area contributed by atoms with E-state index in [-0.39, 0.29) is 5.92 Å². The second-order valence-corrected chi connectivity index (χ2v) is 10.1. The quantitative estimate of drug-likeness (QED) is 0.633. The number of piperidine rings is 2. The first kappa shape index (κ1) is 22.3. The van der Waals surface area contributed by atoms with Gasteiger partial charge in [0.15, 0.2) is 0 Å². The number of amides is 1. The molecule has 31 heavy (non-hydrogen) atoms. The topological polar surface area (TPSA) is 45.7 Å². The fraction of sp³-hybridized carbons (Fsp3) is 0.600. The van der Waals surface area contributed by atoms with Crippen molar-refractivity contribution in [3.63, 3.8) is 0 Å². The molecule has 0 radical (unpaired) electrons. The van der Waals surface area contributed by atoms with Gasteiger partial charge in [0.05, 0.1) is 17.8 Å². The van der Waals surface area contributed by atoms with Crippen molar-refractivity contribution in [1.29, 1.82) is 0 Å². The van der Waals surface area contributed by atoms with Crippen LogP contribution in [0.1, 0.15) is 48.4 Å². The van der Waals surface area contributed by atoms with E-state index < -0.39 is 0 Å². The molecular weight excluding hydrogens is 406 g/mol. The highest BCUT2D eigenvalue weighted by molar-refractivity contribution is 7.09. The SMILES string of the molecule is COc1ccc(CCC2CCN(C(=O)C3CCN(Cc4csc(C)n4)CC3)CC2)cc1. The summed E-state index contributed by atoms with van der Waals surface area (Å²) < 4.78 is 5.24. The average Bonchev–Trinajstić information content (AvgIpc) is 3.23. The van der Waals surface area contributed by atoms with Gasteiger partial charge >= 0.3 is 0 Å². The van der Waals surface area contributed by atoms with E-state index in [4.69, 9.17) is 4.74 Å².